The van der Waals surface area contributed by atoms with E-state index in [1.54, 1.807) is 15.8 Å². The van der Waals surface area contributed by atoms with Crippen molar-refractivity contribution in [2.45, 2.75) is 58.2 Å². The maximum Gasteiger partial charge on any atom is 0.314 e. The number of pyridine rings is 1. The Morgan fingerprint density at radius 2 is 1.94 bits per heavy atom. The molecule has 2 unspecified atom stereocenters. The summed E-state index contributed by atoms with van der Waals surface area (Å²) in [5.41, 5.74) is 8.07. The summed E-state index contributed by atoms with van der Waals surface area (Å²) in [7, 11) is -1.22. The fourth-order valence-corrected chi connectivity index (χ4v) is 5.48. The fourth-order valence-electron chi connectivity index (χ4n) is 4.72. The van der Waals surface area contributed by atoms with Crippen LogP contribution in [0.3, 0.4) is 0 Å². The number of anilines is 2. The number of aromatic nitrogens is 3. The van der Waals surface area contributed by atoms with Crippen LogP contribution in [0.4, 0.5) is 11.5 Å². The molecule has 9 nitrogen and oxygen atoms in total. The van der Waals surface area contributed by atoms with Gasteiger partial charge in [0.2, 0.25) is 0 Å². The quantitative estimate of drug-likeness (QED) is 0.280. The molecule has 0 bridgehead atoms. The maximum absolute atomic E-state index is 13.4. The molecule has 192 valence electrons. The summed E-state index contributed by atoms with van der Waals surface area (Å²) in [5, 5.41) is 7.77. The lowest BCUT2D eigenvalue weighted by Crippen LogP contribution is -2.46. The van der Waals surface area contributed by atoms with E-state index in [4.69, 9.17) is 10.5 Å². The van der Waals surface area contributed by atoms with Gasteiger partial charge in [0.05, 0.1) is 35.0 Å². The third-order valence-corrected chi connectivity index (χ3v) is 8.40. The zero-order chi connectivity index (χ0) is 25.9. The molecule has 0 spiro atoms. The zero-order valence-corrected chi connectivity index (χ0v) is 22.5. The van der Waals surface area contributed by atoms with Crippen LogP contribution in [0.1, 0.15) is 31.4 Å². The number of nitrogen functional groups attached to an aromatic ring is 1. The number of ether oxygens (including phenoxy) is 1. The average molecular weight is 509 g/mol. The number of piperidine rings is 1. The molecule has 1 aliphatic rings. The van der Waals surface area contributed by atoms with Crippen molar-refractivity contribution in [1.82, 2.24) is 19.7 Å². The Morgan fingerprint density at radius 3 is 2.67 bits per heavy atom. The molecule has 3 N–H and O–H groups in total. The molecule has 1 aliphatic heterocycles. The molecule has 0 saturated carbocycles. The van der Waals surface area contributed by atoms with Gasteiger partial charge in [-0.1, -0.05) is 56.9 Å². The number of likely N-dealkylation sites (tertiary alicyclic amines) is 1. The highest BCUT2D eigenvalue weighted by Gasteiger charge is 2.36. The van der Waals surface area contributed by atoms with Crippen molar-refractivity contribution in [2.75, 3.05) is 24.2 Å². The zero-order valence-electron chi connectivity index (χ0n) is 21.5. The smallest absolute Gasteiger partial charge is 0.314 e. The molecule has 1 saturated heterocycles. The van der Waals surface area contributed by atoms with Crippen molar-refractivity contribution < 1.29 is 14.3 Å². The monoisotopic (exact) mass is 508 g/mol. The van der Waals surface area contributed by atoms with Crippen LogP contribution in [0.5, 0.6) is 0 Å². The molecule has 0 radical (unpaired) electrons. The highest BCUT2D eigenvalue weighted by molar-refractivity contribution is 6.76. The highest BCUT2D eigenvalue weighted by Crippen LogP contribution is 2.36. The van der Waals surface area contributed by atoms with Gasteiger partial charge in [0.1, 0.15) is 12.5 Å². The fraction of sp³-hybridized carbons (Fsp3) is 0.462. The molecule has 3 aromatic rings. The topological polar surface area (TPSA) is 115 Å². The lowest BCUT2D eigenvalue weighted by molar-refractivity contribution is -0.146. The van der Waals surface area contributed by atoms with E-state index in [9.17, 15) is 9.59 Å². The molecule has 10 heteroatoms. The third-order valence-electron chi connectivity index (χ3n) is 6.69. The molecule has 2 atom stereocenters. The molecule has 3 heterocycles. The second-order valence-electron chi connectivity index (χ2n) is 10.7. The molecular weight excluding hydrogens is 472 g/mol. The van der Waals surface area contributed by atoms with Gasteiger partial charge in [-0.05, 0) is 30.4 Å². The number of hydrogen-bond donors (Lipinski definition) is 2. The number of carbonyl (C=O) groups excluding carboxylic acids is 2. The van der Waals surface area contributed by atoms with Crippen molar-refractivity contribution >= 4 is 42.3 Å². The summed E-state index contributed by atoms with van der Waals surface area (Å²) < 4.78 is 7.51. The lowest BCUT2D eigenvalue weighted by atomic mass is 9.86. The predicted molar refractivity (Wildman–Crippen MR) is 144 cm³/mol. The standard InChI is InChI=1S/C26H36N6O3Si/c1-18-9-8-12-31(22(18)19-10-6-5-7-11-19)26(34)25(33)30-21-16-28-24(27)20-15-29-32(23(20)21)17-35-13-14-36(2,3)4/h5-7,10-11,15-16,18,22H,8-9,12-14,17H2,1-4H3,(H2,27,28)(H,30,33). The predicted octanol–water partition coefficient (Wildman–Crippen LogP) is 4.26. The summed E-state index contributed by atoms with van der Waals surface area (Å²) in [4.78, 5) is 32.5. The van der Waals surface area contributed by atoms with Crippen LogP contribution in [0.2, 0.25) is 25.7 Å². The van der Waals surface area contributed by atoms with Gasteiger partial charge in [-0.2, -0.15) is 5.10 Å². The molecular formula is C26H36N6O3Si. The van der Waals surface area contributed by atoms with Crippen LogP contribution >= 0.6 is 0 Å². The Hall–Kier alpha value is -3.24. The second-order valence-corrected chi connectivity index (χ2v) is 16.4. The summed E-state index contributed by atoms with van der Waals surface area (Å²) in [6.45, 7) is 10.4. The van der Waals surface area contributed by atoms with Gasteiger partial charge < -0.3 is 20.7 Å². The Morgan fingerprint density at radius 1 is 1.19 bits per heavy atom. The van der Waals surface area contributed by atoms with Crippen molar-refractivity contribution in [3.05, 3.63) is 48.3 Å². The number of nitrogens with two attached hydrogens (primary N) is 1. The van der Waals surface area contributed by atoms with Crippen molar-refractivity contribution in [1.29, 1.82) is 0 Å². The highest BCUT2D eigenvalue weighted by atomic mass is 28.3. The van der Waals surface area contributed by atoms with Crippen LogP contribution in [0.15, 0.2) is 42.7 Å². The third kappa shape index (κ3) is 5.76. The van der Waals surface area contributed by atoms with Crippen molar-refractivity contribution in [3.63, 3.8) is 0 Å². The first-order chi connectivity index (χ1) is 17.2. The van der Waals surface area contributed by atoms with E-state index < -0.39 is 19.9 Å². The minimum absolute atomic E-state index is 0.145. The van der Waals surface area contributed by atoms with Crippen molar-refractivity contribution in [2.24, 2.45) is 5.92 Å². The number of rotatable bonds is 7. The molecule has 1 aromatic carbocycles. The van der Waals surface area contributed by atoms with Crippen LogP contribution in [-0.2, 0) is 21.1 Å². The minimum Gasteiger partial charge on any atom is -0.383 e. The van der Waals surface area contributed by atoms with Gasteiger partial charge >= 0.3 is 11.8 Å². The lowest BCUT2D eigenvalue weighted by Gasteiger charge is -2.40. The first-order valence-electron chi connectivity index (χ1n) is 12.5. The van der Waals surface area contributed by atoms with Gasteiger partial charge in [-0.25, -0.2) is 9.67 Å². The summed E-state index contributed by atoms with van der Waals surface area (Å²) in [5.74, 6) is -0.711. The van der Waals surface area contributed by atoms with Crippen molar-refractivity contribution in [3.8, 4) is 0 Å². The van der Waals surface area contributed by atoms with Crippen LogP contribution < -0.4 is 11.1 Å². The number of fused-ring (bicyclic) bond motifs is 1. The summed E-state index contributed by atoms with van der Waals surface area (Å²) >= 11 is 0. The Kier molecular flexibility index (Phi) is 7.75. The molecule has 2 amide bonds. The number of nitrogens with one attached hydrogen (secondary N) is 1. The van der Waals surface area contributed by atoms with E-state index in [0.29, 0.717) is 35.6 Å². The largest absolute Gasteiger partial charge is 0.383 e. The first-order valence-corrected chi connectivity index (χ1v) is 16.2. The minimum atomic E-state index is -1.22. The second kappa shape index (κ2) is 10.8. The van der Waals surface area contributed by atoms with Crippen LogP contribution in [-0.4, -0.2) is 52.7 Å². The number of carbonyl (C=O) groups is 2. The molecule has 4 rings (SSSR count). The molecule has 36 heavy (non-hydrogen) atoms. The van der Waals surface area contributed by atoms with E-state index >= 15 is 0 Å². The molecule has 1 fully saturated rings. The van der Waals surface area contributed by atoms with Crippen LogP contribution in [0, 0.1) is 5.92 Å². The van der Waals surface area contributed by atoms with E-state index in [2.05, 4.69) is 42.0 Å². The van der Waals surface area contributed by atoms with Gasteiger partial charge in [0.25, 0.3) is 0 Å². The average Bonchev–Trinajstić information content (AvgIpc) is 3.28. The Balaban J connectivity index is 1.54. The van der Waals surface area contributed by atoms with E-state index in [0.717, 1.165) is 24.4 Å². The number of nitrogens with zero attached hydrogens (tertiary/aromatic N) is 4. The number of amides is 2. The van der Waals surface area contributed by atoms with Crippen LogP contribution in [0.25, 0.3) is 10.9 Å². The molecule has 2 aromatic heterocycles. The number of hydrogen-bond acceptors (Lipinski definition) is 6. The van der Waals surface area contributed by atoms with E-state index in [1.807, 2.05) is 30.3 Å². The maximum atomic E-state index is 13.4. The number of benzene rings is 1. The van der Waals surface area contributed by atoms with Gasteiger partial charge in [-0.3, -0.25) is 9.59 Å². The first kappa shape index (κ1) is 25.8. The van der Waals surface area contributed by atoms with Gasteiger partial charge in [0, 0.05) is 21.2 Å². The van der Waals surface area contributed by atoms with E-state index in [1.165, 1.54) is 6.20 Å². The Labute approximate surface area is 213 Å². The summed E-state index contributed by atoms with van der Waals surface area (Å²) in [6, 6.07) is 10.8. The van der Waals surface area contributed by atoms with Gasteiger partial charge in [-0.15, -0.1) is 0 Å². The Bertz CT molecular complexity index is 1220. The summed E-state index contributed by atoms with van der Waals surface area (Å²) in [6.07, 6.45) is 4.94. The van der Waals surface area contributed by atoms with E-state index in [-0.39, 0.29) is 18.7 Å². The normalized spacial score (nSPS) is 18.4. The van der Waals surface area contributed by atoms with Gasteiger partial charge in [0.15, 0.2) is 0 Å². The molecule has 0 aliphatic carbocycles. The SMILES string of the molecule is CC1CCCN(C(=O)C(=O)Nc2cnc(N)c3cnn(COCC[Si](C)(C)C)c23)C1c1ccccc1.